The lowest BCUT2D eigenvalue weighted by molar-refractivity contribution is 0.0947. The van der Waals surface area contributed by atoms with Crippen LogP contribution in [0.3, 0.4) is 0 Å². The topological polar surface area (TPSA) is 82.2 Å². The zero-order chi connectivity index (χ0) is 23.2. The minimum Gasteiger partial charge on any atom is -0.489 e. The van der Waals surface area contributed by atoms with E-state index >= 15 is 0 Å². The zero-order valence-electron chi connectivity index (χ0n) is 18.3. The van der Waals surface area contributed by atoms with E-state index in [9.17, 15) is 4.79 Å². The fourth-order valence-electron chi connectivity index (χ4n) is 3.41. The van der Waals surface area contributed by atoms with Crippen molar-refractivity contribution in [1.82, 2.24) is 14.8 Å². The Morgan fingerprint density at radius 3 is 2.29 bits per heavy atom. The first-order chi connectivity index (χ1) is 16.8. The van der Waals surface area contributed by atoms with E-state index in [1.807, 2.05) is 72.8 Å². The molecule has 3 aromatic carbocycles. The molecular formula is C27H22N4O3. The number of hydrogen-bond acceptors (Lipinski definition) is 6. The summed E-state index contributed by atoms with van der Waals surface area (Å²) < 4.78 is 12.5. The number of hydrogen-bond donors (Lipinski definition) is 1. The van der Waals surface area contributed by atoms with Gasteiger partial charge in [0.2, 0.25) is 11.8 Å². The highest BCUT2D eigenvalue weighted by atomic mass is 16.5. The van der Waals surface area contributed by atoms with Crippen molar-refractivity contribution >= 4 is 11.9 Å². The number of carbonyl (C=O) groups is 1. The number of nitrogens with one attached hydrogen (secondary N) is 1. The number of rotatable bonds is 8. The predicted molar refractivity (Wildman–Crippen MR) is 128 cm³/mol. The van der Waals surface area contributed by atoms with E-state index in [-0.39, 0.29) is 5.91 Å². The molecular weight excluding hydrogens is 428 g/mol. The fourth-order valence-corrected chi connectivity index (χ4v) is 3.41. The van der Waals surface area contributed by atoms with Gasteiger partial charge in [0.1, 0.15) is 12.4 Å². The van der Waals surface area contributed by atoms with Crippen LogP contribution in [0.1, 0.15) is 21.5 Å². The normalized spacial score (nSPS) is 10.7. The second kappa shape index (κ2) is 9.87. The van der Waals surface area contributed by atoms with Crippen LogP contribution >= 0.6 is 0 Å². The van der Waals surface area contributed by atoms with Crippen LogP contribution in [0, 0.1) is 0 Å². The molecule has 5 aromatic rings. The smallest absolute Gasteiger partial charge is 0.281 e. The molecule has 1 N–H and O–H groups in total. The molecule has 0 saturated carbocycles. The van der Waals surface area contributed by atoms with Gasteiger partial charge in [-0.15, -0.1) is 5.10 Å². The molecule has 34 heavy (non-hydrogen) atoms. The number of anilines is 1. The monoisotopic (exact) mass is 450 g/mol. The van der Waals surface area contributed by atoms with Crippen LogP contribution in [0.15, 0.2) is 108 Å². The fraction of sp³-hybridized carbons (Fsp3) is 0.0741. The van der Waals surface area contributed by atoms with Gasteiger partial charge in [-0.2, -0.15) is 9.67 Å². The Morgan fingerprint density at radius 2 is 1.59 bits per heavy atom. The Kier molecular flexibility index (Phi) is 6.16. The van der Waals surface area contributed by atoms with Crippen molar-refractivity contribution in [3.05, 3.63) is 120 Å². The molecule has 0 aliphatic rings. The third kappa shape index (κ3) is 4.88. The summed E-state index contributed by atoms with van der Waals surface area (Å²) in [5.74, 6) is 1.67. The maximum atomic E-state index is 13.1. The first kappa shape index (κ1) is 21.2. The van der Waals surface area contributed by atoms with E-state index < -0.39 is 0 Å². The molecule has 0 amide bonds. The lowest BCUT2D eigenvalue weighted by Crippen LogP contribution is -2.17. The molecule has 0 radical (unpaired) electrons. The molecule has 0 aliphatic carbocycles. The average Bonchev–Trinajstić information content (AvgIpc) is 3.58. The molecule has 0 bridgehead atoms. The van der Waals surface area contributed by atoms with Crippen LogP contribution < -0.4 is 10.1 Å². The maximum Gasteiger partial charge on any atom is 0.281 e. The molecule has 7 heteroatoms. The third-order valence-corrected chi connectivity index (χ3v) is 5.18. The Labute approximate surface area is 196 Å². The third-order valence-electron chi connectivity index (χ3n) is 5.18. The van der Waals surface area contributed by atoms with Crippen molar-refractivity contribution in [2.24, 2.45) is 0 Å². The van der Waals surface area contributed by atoms with Crippen molar-refractivity contribution in [2.45, 2.75) is 13.2 Å². The van der Waals surface area contributed by atoms with Crippen molar-refractivity contribution < 1.29 is 13.9 Å². The number of benzene rings is 3. The van der Waals surface area contributed by atoms with Gasteiger partial charge in [-0.25, -0.2) is 0 Å². The summed E-state index contributed by atoms with van der Waals surface area (Å²) in [6.45, 7) is 0.968. The quantitative estimate of drug-likeness (QED) is 0.340. The van der Waals surface area contributed by atoms with Gasteiger partial charge in [0, 0.05) is 12.1 Å². The van der Waals surface area contributed by atoms with E-state index in [0.29, 0.717) is 36.2 Å². The number of nitrogens with zero attached hydrogens (tertiary/aromatic N) is 3. The molecule has 2 aromatic heterocycles. The lowest BCUT2D eigenvalue weighted by Gasteiger charge is -2.09. The van der Waals surface area contributed by atoms with E-state index in [4.69, 9.17) is 9.15 Å². The van der Waals surface area contributed by atoms with Crippen molar-refractivity contribution in [3.8, 4) is 17.3 Å². The number of ether oxygens (including phenoxy) is 1. The second-order valence-corrected chi connectivity index (χ2v) is 7.59. The van der Waals surface area contributed by atoms with E-state index in [2.05, 4.69) is 15.4 Å². The molecule has 0 spiro atoms. The first-order valence-corrected chi connectivity index (χ1v) is 10.9. The van der Waals surface area contributed by atoms with Gasteiger partial charge in [0.15, 0.2) is 5.76 Å². The van der Waals surface area contributed by atoms with E-state index in [0.717, 1.165) is 16.9 Å². The lowest BCUT2D eigenvalue weighted by atomic mass is 10.2. The van der Waals surface area contributed by atoms with Gasteiger partial charge in [0.25, 0.3) is 5.91 Å². The highest BCUT2D eigenvalue weighted by Crippen LogP contribution is 2.20. The highest BCUT2D eigenvalue weighted by molar-refractivity contribution is 5.97. The van der Waals surface area contributed by atoms with Crippen molar-refractivity contribution in [1.29, 1.82) is 0 Å². The van der Waals surface area contributed by atoms with Crippen LogP contribution in [0.25, 0.3) is 11.6 Å². The van der Waals surface area contributed by atoms with Crippen LogP contribution in [0.2, 0.25) is 0 Å². The Hall–Kier alpha value is -4.65. The molecule has 168 valence electrons. The molecule has 7 nitrogen and oxygen atoms in total. The van der Waals surface area contributed by atoms with Crippen LogP contribution in [-0.2, 0) is 13.2 Å². The SMILES string of the molecule is O=C(c1ccccc1)n1nc(-c2ccco2)nc1NCc1ccc(OCc2ccccc2)cc1. The molecule has 0 unspecified atom stereocenters. The molecule has 0 saturated heterocycles. The Morgan fingerprint density at radius 1 is 0.853 bits per heavy atom. The number of aromatic nitrogens is 3. The van der Waals surface area contributed by atoms with Crippen LogP contribution in [0.4, 0.5) is 5.95 Å². The first-order valence-electron chi connectivity index (χ1n) is 10.9. The summed E-state index contributed by atoms with van der Waals surface area (Å²) in [6.07, 6.45) is 1.55. The molecule has 0 atom stereocenters. The molecule has 0 fully saturated rings. The van der Waals surface area contributed by atoms with Gasteiger partial charge in [0.05, 0.1) is 6.26 Å². The maximum absolute atomic E-state index is 13.1. The van der Waals surface area contributed by atoms with Crippen molar-refractivity contribution in [2.75, 3.05) is 5.32 Å². The summed E-state index contributed by atoms with van der Waals surface area (Å²) in [5.41, 5.74) is 2.64. The van der Waals surface area contributed by atoms with Crippen molar-refractivity contribution in [3.63, 3.8) is 0 Å². The summed E-state index contributed by atoms with van der Waals surface area (Å²) in [6, 6.07) is 30.3. The van der Waals surface area contributed by atoms with Crippen LogP contribution in [0.5, 0.6) is 5.75 Å². The van der Waals surface area contributed by atoms with Gasteiger partial charge in [-0.3, -0.25) is 4.79 Å². The minimum absolute atomic E-state index is 0.280. The molecule has 0 aliphatic heterocycles. The second-order valence-electron chi connectivity index (χ2n) is 7.59. The Bertz CT molecular complexity index is 1350. The standard InChI is InChI=1S/C27H22N4O3/c32-26(22-10-5-2-6-11-22)31-27(29-25(30-31)24-12-7-17-33-24)28-18-20-13-15-23(16-14-20)34-19-21-8-3-1-4-9-21/h1-17H,18-19H2,(H,28,29,30). The summed E-state index contributed by atoms with van der Waals surface area (Å²) >= 11 is 0. The summed E-state index contributed by atoms with van der Waals surface area (Å²) in [7, 11) is 0. The van der Waals surface area contributed by atoms with E-state index in [1.165, 1.54) is 4.68 Å². The summed E-state index contributed by atoms with van der Waals surface area (Å²) in [4.78, 5) is 17.6. The van der Waals surface area contributed by atoms with Gasteiger partial charge < -0.3 is 14.5 Å². The minimum atomic E-state index is -0.280. The zero-order valence-corrected chi connectivity index (χ0v) is 18.3. The summed E-state index contributed by atoms with van der Waals surface area (Å²) in [5, 5.41) is 7.61. The van der Waals surface area contributed by atoms with Gasteiger partial charge >= 0.3 is 0 Å². The number of carbonyl (C=O) groups excluding carboxylic acids is 1. The molecule has 5 rings (SSSR count). The van der Waals surface area contributed by atoms with Gasteiger partial charge in [-0.05, 0) is 47.5 Å². The van der Waals surface area contributed by atoms with E-state index in [1.54, 1.807) is 30.5 Å². The Balaban J connectivity index is 1.30. The van der Waals surface area contributed by atoms with Crippen LogP contribution in [-0.4, -0.2) is 20.7 Å². The molecule has 2 heterocycles. The predicted octanol–water partition coefficient (Wildman–Crippen LogP) is 5.42. The highest BCUT2D eigenvalue weighted by Gasteiger charge is 2.19. The van der Waals surface area contributed by atoms with Gasteiger partial charge in [-0.1, -0.05) is 60.7 Å². The number of furan rings is 1. The largest absolute Gasteiger partial charge is 0.489 e. The average molecular weight is 450 g/mol.